The summed E-state index contributed by atoms with van der Waals surface area (Å²) in [6.07, 6.45) is 1.48. The van der Waals surface area contributed by atoms with Crippen molar-refractivity contribution in [3.8, 4) is 11.5 Å². The number of alkyl halides is 3. The summed E-state index contributed by atoms with van der Waals surface area (Å²) in [5, 5.41) is 10.9. The van der Waals surface area contributed by atoms with Gasteiger partial charge >= 0.3 is 6.03 Å². The summed E-state index contributed by atoms with van der Waals surface area (Å²) in [4.78, 5) is 62.4. The maximum absolute atomic E-state index is 13.7. The van der Waals surface area contributed by atoms with Crippen molar-refractivity contribution in [2.24, 2.45) is 23.5 Å². The lowest BCUT2D eigenvalue weighted by Gasteiger charge is -2.50. The molecule has 3 fully saturated rings. The number of benzene rings is 1. The zero-order valence-corrected chi connectivity index (χ0v) is 21.8. The molecular formula is C23H20BrCl2N3O7. The number of phenolic OH excluding ortho intramolecular Hbond substituents is 1. The first-order chi connectivity index (χ1) is 16.9. The van der Waals surface area contributed by atoms with E-state index in [0.29, 0.717) is 10.5 Å². The van der Waals surface area contributed by atoms with Crippen LogP contribution in [-0.4, -0.2) is 66.9 Å². The fourth-order valence-electron chi connectivity index (χ4n) is 6.29. The Labute approximate surface area is 223 Å². The summed E-state index contributed by atoms with van der Waals surface area (Å²) >= 11 is 17.3. The number of hydrogen-bond acceptors (Lipinski definition) is 7. The molecule has 0 bridgehead atoms. The highest BCUT2D eigenvalue weighted by molar-refractivity contribution is 9.09. The fraction of sp³-hybridized carbons (Fsp3) is 0.435. The second-order valence-corrected chi connectivity index (χ2v) is 11.0. The number of carbonyl (C=O) groups excluding carboxylic acids is 5. The number of rotatable bonds is 3. The summed E-state index contributed by atoms with van der Waals surface area (Å²) in [7, 11) is 1.37. The third-order valence-electron chi connectivity index (χ3n) is 7.79. The predicted molar refractivity (Wildman–Crippen MR) is 129 cm³/mol. The molecule has 0 radical (unpaired) electrons. The number of amides is 6. The third kappa shape index (κ3) is 2.87. The largest absolute Gasteiger partial charge is 0.508 e. The molecule has 2 aliphatic heterocycles. The maximum Gasteiger partial charge on any atom is 0.328 e. The van der Waals surface area contributed by atoms with Crippen molar-refractivity contribution in [2.75, 3.05) is 12.6 Å². The van der Waals surface area contributed by atoms with E-state index in [0.717, 1.165) is 4.90 Å². The monoisotopic (exact) mass is 599 g/mol. The van der Waals surface area contributed by atoms with Crippen molar-refractivity contribution in [3.05, 3.63) is 35.4 Å². The number of carbonyl (C=O) groups is 5. The normalized spacial score (nSPS) is 35.4. The van der Waals surface area contributed by atoms with Gasteiger partial charge in [0.25, 0.3) is 11.8 Å². The third-order valence-corrected chi connectivity index (χ3v) is 9.70. The van der Waals surface area contributed by atoms with Crippen molar-refractivity contribution < 1.29 is 33.8 Å². The van der Waals surface area contributed by atoms with E-state index in [1.165, 1.54) is 19.2 Å². The molecular weight excluding hydrogens is 581 g/mol. The van der Waals surface area contributed by atoms with Gasteiger partial charge in [-0.25, -0.2) is 4.79 Å². The lowest BCUT2D eigenvalue weighted by molar-refractivity contribution is -0.139. The van der Waals surface area contributed by atoms with Crippen LogP contribution in [0.25, 0.3) is 0 Å². The molecule has 10 nitrogen and oxygen atoms in total. The first-order valence-corrected chi connectivity index (χ1v) is 12.9. The molecule has 6 unspecified atom stereocenters. The zero-order chi connectivity index (χ0) is 26.3. The highest BCUT2D eigenvalue weighted by atomic mass is 79.9. The molecule has 6 amide bonds. The van der Waals surface area contributed by atoms with E-state index in [1.54, 1.807) is 12.1 Å². The summed E-state index contributed by atoms with van der Waals surface area (Å²) in [6.45, 7) is 0. The molecule has 190 valence electrons. The van der Waals surface area contributed by atoms with Gasteiger partial charge in [0.2, 0.25) is 11.8 Å². The number of methoxy groups -OCH3 is 1. The minimum absolute atomic E-state index is 0.0593. The van der Waals surface area contributed by atoms with Crippen LogP contribution in [0.1, 0.15) is 24.3 Å². The SMILES string of the molecule is COc1cccc(O)c1C1C2=CCC3C(=O)N(C(N)=O)C(=O)C3C2CC2(Cl)C(=O)N(CBr)C(=O)C12Cl. The molecule has 0 aromatic heterocycles. The fourth-order valence-corrected chi connectivity index (χ4v) is 7.70. The van der Waals surface area contributed by atoms with Crippen LogP contribution in [-0.2, 0) is 19.2 Å². The van der Waals surface area contributed by atoms with Gasteiger partial charge in [0.05, 0.1) is 24.4 Å². The molecule has 13 heteroatoms. The predicted octanol–water partition coefficient (Wildman–Crippen LogP) is 2.19. The lowest BCUT2D eigenvalue weighted by Crippen LogP contribution is -2.60. The van der Waals surface area contributed by atoms with Gasteiger partial charge in [-0.15, -0.1) is 23.2 Å². The van der Waals surface area contributed by atoms with Gasteiger partial charge in [-0.2, -0.15) is 4.90 Å². The van der Waals surface area contributed by atoms with E-state index in [-0.39, 0.29) is 35.4 Å². The number of likely N-dealkylation sites (tertiary alicyclic amines) is 2. The van der Waals surface area contributed by atoms with Gasteiger partial charge < -0.3 is 15.6 Å². The summed E-state index contributed by atoms with van der Waals surface area (Å²) in [5.74, 6) is -7.14. The van der Waals surface area contributed by atoms with Gasteiger partial charge in [0.15, 0.2) is 9.75 Å². The molecule has 4 aliphatic rings. The maximum atomic E-state index is 13.7. The van der Waals surface area contributed by atoms with Crippen LogP contribution in [0.5, 0.6) is 11.5 Å². The van der Waals surface area contributed by atoms with Crippen LogP contribution in [0.4, 0.5) is 4.79 Å². The van der Waals surface area contributed by atoms with Gasteiger partial charge in [-0.05, 0) is 30.9 Å². The number of halogens is 3. The van der Waals surface area contributed by atoms with Crippen LogP contribution in [0.2, 0.25) is 0 Å². The number of nitrogens with two attached hydrogens (primary N) is 1. The van der Waals surface area contributed by atoms with Crippen LogP contribution in [0, 0.1) is 17.8 Å². The number of urea groups is 1. The van der Waals surface area contributed by atoms with E-state index < -0.39 is 63.1 Å². The first-order valence-electron chi connectivity index (χ1n) is 11.0. The second-order valence-electron chi connectivity index (χ2n) is 9.23. The van der Waals surface area contributed by atoms with Crippen LogP contribution in [0.15, 0.2) is 29.8 Å². The highest BCUT2D eigenvalue weighted by Crippen LogP contribution is 2.67. The minimum atomic E-state index is -2.09. The molecule has 0 spiro atoms. The molecule has 6 atom stereocenters. The molecule has 2 saturated heterocycles. The van der Waals surface area contributed by atoms with E-state index in [2.05, 4.69) is 15.9 Å². The summed E-state index contributed by atoms with van der Waals surface area (Å²) < 4.78 is 5.48. The smallest absolute Gasteiger partial charge is 0.328 e. The number of ether oxygens (including phenoxy) is 1. The lowest BCUT2D eigenvalue weighted by atomic mass is 9.56. The number of imide groups is 4. The molecule has 36 heavy (non-hydrogen) atoms. The van der Waals surface area contributed by atoms with Gasteiger partial charge in [-0.3, -0.25) is 24.1 Å². The molecule has 1 aromatic carbocycles. The molecule has 1 aromatic rings. The van der Waals surface area contributed by atoms with Crippen LogP contribution in [0.3, 0.4) is 0 Å². The van der Waals surface area contributed by atoms with Crippen LogP contribution >= 0.6 is 39.1 Å². The van der Waals surface area contributed by atoms with Gasteiger partial charge in [0, 0.05) is 11.5 Å². The first kappa shape index (κ1) is 25.0. The number of primary amides is 1. The minimum Gasteiger partial charge on any atom is -0.508 e. The summed E-state index contributed by atoms with van der Waals surface area (Å²) in [6, 6.07) is 3.28. The zero-order valence-electron chi connectivity index (χ0n) is 18.7. The Bertz CT molecular complexity index is 1290. The molecule has 5 rings (SSSR count). The molecule has 1 saturated carbocycles. The molecule has 2 heterocycles. The van der Waals surface area contributed by atoms with Crippen molar-refractivity contribution >= 4 is 68.8 Å². The van der Waals surface area contributed by atoms with Crippen molar-refractivity contribution in [1.29, 1.82) is 0 Å². The summed E-state index contributed by atoms with van der Waals surface area (Å²) in [5.41, 5.74) is 5.70. The van der Waals surface area contributed by atoms with Crippen LogP contribution < -0.4 is 10.5 Å². The molecule has 2 aliphatic carbocycles. The number of fused-ring (bicyclic) bond motifs is 4. The van der Waals surface area contributed by atoms with Gasteiger partial charge in [-0.1, -0.05) is 33.6 Å². The topological polar surface area (TPSA) is 147 Å². The quantitative estimate of drug-likeness (QED) is 0.234. The Morgan fingerprint density at radius 1 is 1.19 bits per heavy atom. The van der Waals surface area contributed by atoms with Crippen molar-refractivity contribution in [1.82, 2.24) is 9.80 Å². The Kier molecular flexibility index (Phi) is 5.70. The van der Waals surface area contributed by atoms with E-state index in [1.807, 2.05) is 0 Å². The number of aromatic hydroxyl groups is 1. The standard InChI is InChI=1S/C23H20BrCl2N3O7/c1-36-13-4-2-3-12(30)15(13)16-9-5-6-10-14(18(32)29(17(10)31)21(27)35)11(9)7-22(25)19(33)28(8-24)20(34)23(16,22)26/h2-5,10-11,14,16,30H,6-8H2,1H3,(H2,27,35). The number of hydrogen-bond donors (Lipinski definition) is 2. The number of allylic oxidation sites excluding steroid dienone is 2. The highest BCUT2D eigenvalue weighted by Gasteiger charge is 2.76. The van der Waals surface area contributed by atoms with E-state index >= 15 is 0 Å². The second kappa shape index (κ2) is 8.19. The van der Waals surface area contributed by atoms with Crippen molar-refractivity contribution in [2.45, 2.75) is 28.5 Å². The molecule has 3 N–H and O–H groups in total. The van der Waals surface area contributed by atoms with Gasteiger partial charge in [0.1, 0.15) is 11.5 Å². The van der Waals surface area contributed by atoms with Crippen molar-refractivity contribution in [3.63, 3.8) is 0 Å². The Hall–Kier alpha value is -2.63. The van der Waals surface area contributed by atoms with E-state index in [9.17, 15) is 29.1 Å². The number of nitrogens with zero attached hydrogens (tertiary/aromatic N) is 2. The average molecular weight is 601 g/mol. The Balaban J connectivity index is 1.78. The van der Waals surface area contributed by atoms with E-state index in [4.69, 9.17) is 33.7 Å². The average Bonchev–Trinajstić information content (AvgIpc) is 3.17. The number of phenols is 1. The Morgan fingerprint density at radius 2 is 1.89 bits per heavy atom. The Morgan fingerprint density at radius 3 is 2.50 bits per heavy atom.